The molecular formula is C21H29N3S. The largest absolute Gasteiger partial charge is 0.307 e. The first-order valence-corrected chi connectivity index (χ1v) is 10.7. The van der Waals surface area contributed by atoms with E-state index in [-0.39, 0.29) is 0 Å². The summed E-state index contributed by atoms with van der Waals surface area (Å²) in [5.41, 5.74) is 5.61. The van der Waals surface area contributed by atoms with Crippen LogP contribution in [-0.4, -0.2) is 27.3 Å². The van der Waals surface area contributed by atoms with E-state index in [2.05, 4.69) is 73.0 Å². The van der Waals surface area contributed by atoms with Gasteiger partial charge in [0.05, 0.1) is 11.9 Å². The molecule has 2 aliphatic rings. The van der Waals surface area contributed by atoms with Gasteiger partial charge in [-0.2, -0.15) is 16.9 Å². The van der Waals surface area contributed by atoms with E-state index in [1.54, 1.807) is 0 Å². The number of nitrogens with one attached hydrogen (secondary N) is 1. The van der Waals surface area contributed by atoms with Crippen molar-refractivity contribution in [3.63, 3.8) is 0 Å². The van der Waals surface area contributed by atoms with Gasteiger partial charge in [0, 0.05) is 23.3 Å². The highest BCUT2D eigenvalue weighted by molar-refractivity contribution is 7.99. The van der Waals surface area contributed by atoms with Crippen molar-refractivity contribution >= 4 is 11.8 Å². The lowest BCUT2D eigenvalue weighted by molar-refractivity contribution is 0.238. The van der Waals surface area contributed by atoms with Gasteiger partial charge in [-0.25, -0.2) is 4.68 Å². The maximum atomic E-state index is 4.81. The van der Waals surface area contributed by atoms with Crippen LogP contribution >= 0.6 is 11.8 Å². The Labute approximate surface area is 155 Å². The highest BCUT2D eigenvalue weighted by Crippen LogP contribution is 2.42. The van der Waals surface area contributed by atoms with Crippen LogP contribution in [0, 0.1) is 12.3 Å². The molecule has 134 valence electrons. The van der Waals surface area contributed by atoms with Crippen molar-refractivity contribution in [1.82, 2.24) is 15.1 Å². The highest BCUT2D eigenvalue weighted by atomic mass is 32.2. The summed E-state index contributed by atoms with van der Waals surface area (Å²) in [6.07, 6.45) is 7.00. The van der Waals surface area contributed by atoms with Crippen molar-refractivity contribution in [3.05, 3.63) is 47.3 Å². The Morgan fingerprint density at radius 1 is 1.20 bits per heavy atom. The summed E-state index contributed by atoms with van der Waals surface area (Å²) >= 11 is 2.09. The molecule has 0 bridgehead atoms. The molecule has 1 saturated heterocycles. The number of hydrogen-bond acceptors (Lipinski definition) is 3. The number of nitrogens with zero attached hydrogens (tertiary/aromatic N) is 2. The van der Waals surface area contributed by atoms with Crippen molar-refractivity contribution in [2.75, 3.05) is 11.5 Å². The lowest BCUT2D eigenvalue weighted by atomic mass is 9.74. The van der Waals surface area contributed by atoms with Gasteiger partial charge in [0.1, 0.15) is 0 Å². The molecule has 4 heteroatoms. The van der Waals surface area contributed by atoms with Gasteiger partial charge in [-0.1, -0.05) is 32.0 Å². The van der Waals surface area contributed by atoms with Crippen LogP contribution < -0.4 is 5.32 Å². The molecule has 0 saturated carbocycles. The lowest BCUT2D eigenvalue weighted by Crippen LogP contribution is -2.40. The summed E-state index contributed by atoms with van der Waals surface area (Å²) < 4.78 is 2.19. The van der Waals surface area contributed by atoms with Crippen molar-refractivity contribution in [2.24, 2.45) is 5.41 Å². The van der Waals surface area contributed by atoms with E-state index in [1.165, 1.54) is 53.3 Å². The lowest BCUT2D eigenvalue weighted by Gasteiger charge is -2.38. The first-order chi connectivity index (χ1) is 12.0. The average molecular weight is 356 g/mol. The summed E-state index contributed by atoms with van der Waals surface area (Å²) in [5, 5.41) is 8.79. The molecule has 1 aliphatic heterocycles. The van der Waals surface area contributed by atoms with Crippen LogP contribution in [0.25, 0.3) is 5.69 Å². The minimum absolute atomic E-state index is 0.300. The van der Waals surface area contributed by atoms with Crippen LogP contribution in [0.2, 0.25) is 0 Å². The smallest absolute Gasteiger partial charge is 0.0678 e. The summed E-state index contributed by atoms with van der Waals surface area (Å²) in [6.45, 7) is 6.97. The quantitative estimate of drug-likeness (QED) is 0.867. The van der Waals surface area contributed by atoms with E-state index in [4.69, 9.17) is 5.10 Å². The molecule has 2 aromatic rings. The summed E-state index contributed by atoms with van der Waals surface area (Å²) in [4.78, 5) is 0. The number of para-hydroxylation sites is 1. The third-order valence-corrected chi connectivity index (χ3v) is 6.73. The minimum Gasteiger partial charge on any atom is -0.307 e. The van der Waals surface area contributed by atoms with Gasteiger partial charge < -0.3 is 5.32 Å². The molecule has 2 heterocycles. The molecule has 0 spiro atoms. The SMILES string of the molecule is Cc1ccccc1-n1ncc2c1CC(C)(C)C[C@H]2NC1CCSCC1. The third kappa shape index (κ3) is 3.52. The van der Waals surface area contributed by atoms with Crippen LogP contribution in [0.1, 0.15) is 56.0 Å². The molecule has 0 radical (unpaired) electrons. The molecule has 1 aromatic heterocycles. The fraction of sp³-hybridized carbons (Fsp3) is 0.571. The third-order valence-electron chi connectivity index (χ3n) is 5.68. The number of rotatable bonds is 3. The molecule has 1 aliphatic carbocycles. The number of benzene rings is 1. The fourth-order valence-corrected chi connectivity index (χ4v) is 5.46. The van der Waals surface area contributed by atoms with E-state index < -0.39 is 0 Å². The number of aromatic nitrogens is 2. The Morgan fingerprint density at radius 2 is 1.96 bits per heavy atom. The molecule has 1 aromatic carbocycles. The van der Waals surface area contributed by atoms with E-state index in [0.29, 0.717) is 17.5 Å². The summed E-state index contributed by atoms with van der Waals surface area (Å²) in [7, 11) is 0. The van der Waals surface area contributed by atoms with Gasteiger partial charge in [0.15, 0.2) is 0 Å². The van der Waals surface area contributed by atoms with Crippen LogP contribution in [0.15, 0.2) is 30.5 Å². The highest BCUT2D eigenvalue weighted by Gasteiger charge is 2.36. The van der Waals surface area contributed by atoms with Crippen LogP contribution in [0.3, 0.4) is 0 Å². The van der Waals surface area contributed by atoms with Crippen LogP contribution in [0.4, 0.5) is 0 Å². The molecule has 0 amide bonds. The standard InChI is InChI=1S/C21H29N3S/c1-15-6-4-5-7-19(15)24-20-13-21(2,3)12-18(17(20)14-22-24)23-16-8-10-25-11-9-16/h4-7,14,16,18,23H,8-13H2,1-3H3/t18-/m1/s1. The van der Waals surface area contributed by atoms with Gasteiger partial charge in [0.2, 0.25) is 0 Å². The Morgan fingerprint density at radius 3 is 2.72 bits per heavy atom. The maximum Gasteiger partial charge on any atom is 0.0678 e. The van der Waals surface area contributed by atoms with Gasteiger partial charge >= 0.3 is 0 Å². The molecule has 25 heavy (non-hydrogen) atoms. The number of aryl methyl sites for hydroxylation is 1. The van der Waals surface area contributed by atoms with Gasteiger partial charge in [-0.3, -0.25) is 0 Å². The van der Waals surface area contributed by atoms with E-state index in [1.807, 2.05) is 0 Å². The molecule has 0 unspecified atom stereocenters. The molecule has 4 rings (SSSR count). The van der Waals surface area contributed by atoms with Crippen molar-refractivity contribution in [2.45, 2.75) is 58.5 Å². The van der Waals surface area contributed by atoms with E-state index in [9.17, 15) is 0 Å². The summed E-state index contributed by atoms with van der Waals surface area (Å²) in [5.74, 6) is 2.59. The second-order valence-electron chi connectivity index (χ2n) is 8.40. The van der Waals surface area contributed by atoms with E-state index in [0.717, 1.165) is 6.42 Å². The van der Waals surface area contributed by atoms with Crippen molar-refractivity contribution < 1.29 is 0 Å². The fourth-order valence-electron chi connectivity index (χ4n) is 4.35. The number of hydrogen-bond donors (Lipinski definition) is 1. The average Bonchev–Trinajstić information content (AvgIpc) is 2.98. The van der Waals surface area contributed by atoms with E-state index >= 15 is 0 Å². The molecule has 1 fully saturated rings. The topological polar surface area (TPSA) is 29.9 Å². The monoisotopic (exact) mass is 355 g/mol. The zero-order chi connectivity index (χ0) is 17.4. The maximum absolute atomic E-state index is 4.81. The molecule has 3 nitrogen and oxygen atoms in total. The number of fused-ring (bicyclic) bond motifs is 1. The predicted octanol–water partition coefficient (Wildman–Crippen LogP) is 4.68. The normalized spacial score (nSPS) is 23.4. The van der Waals surface area contributed by atoms with Crippen molar-refractivity contribution in [1.29, 1.82) is 0 Å². The predicted molar refractivity (Wildman–Crippen MR) is 107 cm³/mol. The Balaban J connectivity index is 1.68. The zero-order valence-corrected chi connectivity index (χ0v) is 16.4. The second kappa shape index (κ2) is 6.81. The molecular weight excluding hydrogens is 326 g/mol. The zero-order valence-electron chi connectivity index (χ0n) is 15.6. The first-order valence-electron chi connectivity index (χ1n) is 9.50. The Kier molecular flexibility index (Phi) is 4.67. The summed E-state index contributed by atoms with van der Waals surface area (Å²) in [6, 6.07) is 9.67. The van der Waals surface area contributed by atoms with Crippen LogP contribution in [-0.2, 0) is 6.42 Å². The van der Waals surface area contributed by atoms with Crippen LogP contribution in [0.5, 0.6) is 0 Å². The molecule has 1 N–H and O–H groups in total. The van der Waals surface area contributed by atoms with Gasteiger partial charge in [-0.05, 0) is 61.2 Å². The first kappa shape index (κ1) is 17.2. The van der Waals surface area contributed by atoms with Gasteiger partial charge in [-0.15, -0.1) is 0 Å². The Hall–Kier alpha value is -1.26. The minimum atomic E-state index is 0.300. The Bertz CT molecular complexity index is 743. The van der Waals surface area contributed by atoms with Gasteiger partial charge in [0.25, 0.3) is 0 Å². The second-order valence-corrected chi connectivity index (χ2v) is 9.62. The number of thioether (sulfide) groups is 1. The molecule has 1 atom stereocenters. The van der Waals surface area contributed by atoms with Crippen molar-refractivity contribution in [3.8, 4) is 5.69 Å².